The van der Waals surface area contributed by atoms with E-state index in [0.29, 0.717) is 11.0 Å². The van der Waals surface area contributed by atoms with Crippen LogP contribution in [0.25, 0.3) is 0 Å². The Morgan fingerprint density at radius 3 is 2.62 bits per heavy atom. The summed E-state index contributed by atoms with van der Waals surface area (Å²) < 4.78 is 0. The molecule has 2 aliphatic rings. The van der Waals surface area contributed by atoms with Crippen LogP contribution in [0.4, 0.5) is 0 Å². The first kappa shape index (κ1) is 15.0. The fourth-order valence-corrected chi connectivity index (χ4v) is 4.65. The number of benzene rings is 1. The van der Waals surface area contributed by atoms with Crippen LogP contribution in [0.1, 0.15) is 43.7 Å². The standard InChI is InChI=1S/C18H26N2S/c1-20(12-16-10-13-7-8-15(16)9-13)17(11-18(19)21)14-5-3-2-4-6-14/h2-6,13,15-17H,7-12H2,1H3,(H2,19,21). The normalized spacial score (nSPS) is 29.0. The van der Waals surface area contributed by atoms with Gasteiger partial charge in [-0.2, -0.15) is 0 Å². The summed E-state index contributed by atoms with van der Waals surface area (Å²) in [6.45, 7) is 1.18. The molecule has 2 N–H and O–H groups in total. The van der Waals surface area contributed by atoms with Crippen molar-refractivity contribution in [3.05, 3.63) is 35.9 Å². The van der Waals surface area contributed by atoms with Crippen molar-refractivity contribution in [2.45, 2.75) is 38.1 Å². The molecule has 3 heteroatoms. The van der Waals surface area contributed by atoms with E-state index in [-0.39, 0.29) is 0 Å². The average Bonchev–Trinajstić information content (AvgIpc) is 3.08. The Kier molecular flexibility index (Phi) is 4.60. The SMILES string of the molecule is CN(CC1CC2CCC1C2)C(CC(N)=S)c1ccccc1. The molecule has 0 amide bonds. The quantitative estimate of drug-likeness (QED) is 0.811. The molecule has 2 aliphatic carbocycles. The third kappa shape index (κ3) is 3.46. The second kappa shape index (κ2) is 6.45. The summed E-state index contributed by atoms with van der Waals surface area (Å²) in [5, 5.41) is 0. The lowest BCUT2D eigenvalue weighted by Crippen LogP contribution is -2.34. The van der Waals surface area contributed by atoms with Crippen LogP contribution in [0.2, 0.25) is 0 Å². The van der Waals surface area contributed by atoms with Gasteiger partial charge in [-0.3, -0.25) is 4.90 Å². The van der Waals surface area contributed by atoms with E-state index in [4.69, 9.17) is 18.0 Å². The Morgan fingerprint density at radius 1 is 1.29 bits per heavy atom. The van der Waals surface area contributed by atoms with Crippen LogP contribution in [0.5, 0.6) is 0 Å². The third-order valence-electron chi connectivity index (χ3n) is 5.52. The maximum absolute atomic E-state index is 5.84. The largest absolute Gasteiger partial charge is 0.393 e. The molecule has 0 aromatic heterocycles. The van der Waals surface area contributed by atoms with Gasteiger partial charge in [0.2, 0.25) is 0 Å². The second-order valence-electron chi connectivity index (χ2n) is 6.97. The molecule has 0 radical (unpaired) electrons. The van der Waals surface area contributed by atoms with Gasteiger partial charge >= 0.3 is 0 Å². The molecule has 0 aliphatic heterocycles. The number of hydrogen-bond acceptors (Lipinski definition) is 2. The molecule has 21 heavy (non-hydrogen) atoms. The van der Waals surface area contributed by atoms with E-state index in [9.17, 15) is 0 Å². The third-order valence-corrected chi connectivity index (χ3v) is 5.68. The molecule has 0 saturated heterocycles. The molecule has 2 bridgehead atoms. The number of fused-ring (bicyclic) bond motifs is 2. The zero-order valence-electron chi connectivity index (χ0n) is 12.9. The molecule has 1 aromatic rings. The van der Waals surface area contributed by atoms with Crippen molar-refractivity contribution in [3.8, 4) is 0 Å². The van der Waals surface area contributed by atoms with Gasteiger partial charge < -0.3 is 5.73 Å². The summed E-state index contributed by atoms with van der Waals surface area (Å²) in [6, 6.07) is 11.0. The molecule has 2 saturated carbocycles. The van der Waals surface area contributed by atoms with Gasteiger partial charge in [0.15, 0.2) is 0 Å². The summed E-state index contributed by atoms with van der Waals surface area (Å²) in [6.07, 6.45) is 6.61. The Balaban J connectivity index is 1.69. The van der Waals surface area contributed by atoms with Crippen molar-refractivity contribution >= 4 is 17.2 Å². The number of thiocarbonyl (C=S) groups is 1. The minimum Gasteiger partial charge on any atom is -0.393 e. The van der Waals surface area contributed by atoms with Gasteiger partial charge in [0, 0.05) is 19.0 Å². The van der Waals surface area contributed by atoms with Crippen LogP contribution in [-0.4, -0.2) is 23.5 Å². The van der Waals surface area contributed by atoms with Crippen molar-refractivity contribution in [2.75, 3.05) is 13.6 Å². The first-order valence-corrected chi connectivity index (χ1v) is 8.57. The second-order valence-corrected chi connectivity index (χ2v) is 7.50. The zero-order chi connectivity index (χ0) is 14.8. The van der Waals surface area contributed by atoms with Crippen LogP contribution >= 0.6 is 12.2 Å². The molecule has 2 fully saturated rings. The van der Waals surface area contributed by atoms with Gasteiger partial charge in [-0.1, -0.05) is 49.0 Å². The summed E-state index contributed by atoms with van der Waals surface area (Å²) in [5.41, 5.74) is 7.17. The van der Waals surface area contributed by atoms with Crippen molar-refractivity contribution in [1.82, 2.24) is 4.90 Å². The lowest BCUT2D eigenvalue weighted by Gasteiger charge is -2.33. The maximum Gasteiger partial charge on any atom is 0.0746 e. The van der Waals surface area contributed by atoms with Gasteiger partial charge in [-0.05, 0) is 49.6 Å². The molecule has 0 spiro atoms. The minimum atomic E-state index is 0.322. The van der Waals surface area contributed by atoms with Gasteiger partial charge in [0.25, 0.3) is 0 Å². The van der Waals surface area contributed by atoms with Crippen molar-refractivity contribution in [1.29, 1.82) is 0 Å². The molecule has 114 valence electrons. The van der Waals surface area contributed by atoms with Crippen molar-refractivity contribution in [3.63, 3.8) is 0 Å². The van der Waals surface area contributed by atoms with E-state index in [2.05, 4.69) is 42.3 Å². The Bertz CT molecular complexity index is 487. The van der Waals surface area contributed by atoms with Crippen LogP contribution < -0.4 is 5.73 Å². The fourth-order valence-electron chi connectivity index (χ4n) is 4.49. The van der Waals surface area contributed by atoms with Crippen LogP contribution in [-0.2, 0) is 0 Å². The van der Waals surface area contributed by atoms with Crippen LogP contribution in [0.15, 0.2) is 30.3 Å². The zero-order valence-corrected chi connectivity index (χ0v) is 13.7. The summed E-state index contributed by atoms with van der Waals surface area (Å²) in [5.74, 6) is 2.86. The lowest BCUT2D eigenvalue weighted by atomic mass is 9.88. The Hall–Kier alpha value is -0.930. The van der Waals surface area contributed by atoms with Gasteiger partial charge in [0.05, 0.1) is 4.99 Å². The number of nitrogens with two attached hydrogens (primary N) is 1. The predicted octanol–water partition coefficient (Wildman–Crippen LogP) is 3.77. The van der Waals surface area contributed by atoms with E-state index in [1.165, 1.54) is 37.8 Å². The number of rotatable bonds is 6. The van der Waals surface area contributed by atoms with E-state index in [0.717, 1.165) is 24.2 Å². The molecule has 4 atom stereocenters. The number of nitrogens with zero attached hydrogens (tertiary/aromatic N) is 1. The average molecular weight is 302 g/mol. The topological polar surface area (TPSA) is 29.3 Å². The van der Waals surface area contributed by atoms with Crippen molar-refractivity contribution in [2.24, 2.45) is 23.5 Å². The first-order valence-electron chi connectivity index (χ1n) is 8.17. The summed E-state index contributed by atoms with van der Waals surface area (Å²) in [7, 11) is 2.24. The molecule has 4 unspecified atom stereocenters. The molecule has 3 rings (SSSR count). The van der Waals surface area contributed by atoms with E-state index >= 15 is 0 Å². The monoisotopic (exact) mass is 302 g/mol. The maximum atomic E-state index is 5.84. The number of hydrogen-bond donors (Lipinski definition) is 1. The molecule has 1 aromatic carbocycles. The lowest BCUT2D eigenvalue weighted by molar-refractivity contribution is 0.176. The summed E-state index contributed by atoms with van der Waals surface area (Å²) >= 11 is 5.18. The van der Waals surface area contributed by atoms with E-state index < -0.39 is 0 Å². The van der Waals surface area contributed by atoms with E-state index in [1.54, 1.807) is 0 Å². The highest BCUT2D eigenvalue weighted by molar-refractivity contribution is 7.80. The Morgan fingerprint density at radius 2 is 2.05 bits per heavy atom. The van der Waals surface area contributed by atoms with Crippen molar-refractivity contribution < 1.29 is 0 Å². The first-order chi connectivity index (χ1) is 10.1. The molecular formula is C18H26N2S. The highest BCUT2D eigenvalue weighted by atomic mass is 32.1. The minimum absolute atomic E-state index is 0.322. The fraction of sp³-hybridized carbons (Fsp3) is 0.611. The molecule has 2 nitrogen and oxygen atoms in total. The van der Waals surface area contributed by atoms with E-state index in [1.807, 2.05) is 0 Å². The van der Waals surface area contributed by atoms with Gasteiger partial charge in [-0.15, -0.1) is 0 Å². The highest BCUT2D eigenvalue weighted by Crippen LogP contribution is 2.48. The van der Waals surface area contributed by atoms with Gasteiger partial charge in [0.1, 0.15) is 0 Å². The van der Waals surface area contributed by atoms with Crippen LogP contribution in [0.3, 0.4) is 0 Å². The van der Waals surface area contributed by atoms with Gasteiger partial charge in [-0.25, -0.2) is 0 Å². The smallest absolute Gasteiger partial charge is 0.0746 e. The van der Waals surface area contributed by atoms with Crippen LogP contribution in [0, 0.1) is 17.8 Å². The Labute approximate surface area is 133 Å². The predicted molar refractivity (Wildman–Crippen MR) is 92.2 cm³/mol. The molecular weight excluding hydrogens is 276 g/mol. The molecule has 0 heterocycles. The summed E-state index contributed by atoms with van der Waals surface area (Å²) in [4.78, 5) is 3.10. The highest BCUT2D eigenvalue weighted by Gasteiger charge is 2.40.